The molecule has 1 heterocycles. The van der Waals surface area contributed by atoms with Gasteiger partial charge in [-0.1, -0.05) is 35.9 Å². The van der Waals surface area contributed by atoms with Crippen molar-refractivity contribution in [3.8, 4) is 0 Å². The summed E-state index contributed by atoms with van der Waals surface area (Å²) in [6.07, 6.45) is 0.909. The van der Waals surface area contributed by atoms with Crippen LogP contribution >= 0.6 is 0 Å². The summed E-state index contributed by atoms with van der Waals surface area (Å²) in [6, 6.07) is 14.2. The van der Waals surface area contributed by atoms with Gasteiger partial charge in [0, 0.05) is 24.7 Å². The van der Waals surface area contributed by atoms with Crippen molar-refractivity contribution >= 4 is 5.91 Å². The van der Waals surface area contributed by atoms with Crippen LogP contribution in [0, 0.1) is 6.92 Å². The molecule has 1 aliphatic rings. The van der Waals surface area contributed by atoms with Gasteiger partial charge in [0.25, 0.3) is 5.91 Å². The van der Waals surface area contributed by atoms with E-state index >= 15 is 0 Å². The highest BCUT2D eigenvalue weighted by molar-refractivity contribution is 5.94. The van der Waals surface area contributed by atoms with Crippen LogP contribution in [0.4, 0.5) is 0 Å². The number of amides is 1. The van der Waals surface area contributed by atoms with Gasteiger partial charge >= 0.3 is 0 Å². The lowest BCUT2D eigenvalue weighted by Crippen LogP contribution is -2.36. The molecule has 1 amide bonds. The Bertz CT molecular complexity index is 689. The minimum absolute atomic E-state index is 0.0217. The molecule has 22 heavy (non-hydrogen) atoms. The fraction of sp³-hybridized carbons (Fsp3) is 0.316. The molecule has 0 radical (unpaired) electrons. The molecule has 1 unspecified atom stereocenters. The van der Waals surface area contributed by atoms with Crippen molar-refractivity contribution < 1.29 is 4.79 Å². The third-order valence-electron chi connectivity index (χ3n) is 4.35. The Morgan fingerprint density at radius 3 is 2.55 bits per heavy atom. The Labute approximate surface area is 131 Å². The van der Waals surface area contributed by atoms with Gasteiger partial charge in [0.2, 0.25) is 0 Å². The number of fused-ring (bicyclic) bond motifs is 1. The Morgan fingerprint density at radius 2 is 1.86 bits per heavy atom. The molecular formula is C19H22N2O. The van der Waals surface area contributed by atoms with Crippen LogP contribution in [0.5, 0.6) is 0 Å². The molecule has 0 aromatic heterocycles. The number of hydrogen-bond donors (Lipinski definition) is 1. The molecule has 0 fully saturated rings. The highest BCUT2D eigenvalue weighted by Crippen LogP contribution is 2.23. The summed E-state index contributed by atoms with van der Waals surface area (Å²) in [7, 11) is 0. The Hall–Kier alpha value is -2.13. The fourth-order valence-electron chi connectivity index (χ4n) is 2.91. The van der Waals surface area contributed by atoms with Gasteiger partial charge < -0.3 is 10.6 Å². The second-order valence-corrected chi connectivity index (χ2v) is 6.16. The van der Waals surface area contributed by atoms with Gasteiger partial charge in [-0.15, -0.1) is 0 Å². The minimum Gasteiger partial charge on any atom is -0.334 e. The summed E-state index contributed by atoms with van der Waals surface area (Å²) in [5.74, 6) is 0.108. The third-order valence-corrected chi connectivity index (χ3v) is 4.35. The minimum atomic E-state index is 0.0217. The number of carbonyl (C=O) groups excluding carboxylic acids is 1. The van der Waals surface area contributed by atoms with Gasteiger partial charge in [-0.2, -0.15) is 0 Å². The number of benzene rings is 2. The number of hydrogen-bond acceptors (Lipinski definition) is 2. The second-order valence-electron chi connectivity index (χ2n) is 6.16. The molecule has 0 spiro atoms. The smallest absolute Gasteiger partial charge is 0.254 e. The zero-order chi connectivity index (χ0) is 15.7. The van der Waals surface area contributed by atoms with Crippen molar-refractivity contribution in [2.75, 3.05) is 6.54 Å². The molecular weight excluding hydrogens is 272 g/mol. The van der Waals surface area contributed by atoms with E-state index in [1.807, 2.05) is 43.0 Å². The van der Waals surface area contributed by atoms with E-state index in [4.69, 9.17) is 5.73 Å². The first-order valence-electron chi connectivity index (χ1n) is 7.78. The zero-order valence-corrected chi connectivity index (χ0v) is 13.2. The van der Waals surface area contributed by atoms with E-state index in [-0.39, 0.29) is 11.9 Å². The van der Waals surface area contributed by atoms with E-state index in [0.717, 1.165) is 24.1 Å². The average molecular weight is 294 g/mol. The molecule has 0 aliphatic carbocycles. The summed E-state index contributed by atoms with van der Waals surface area (Å²) in [6.45, 7) is 5.46. The van der Waals surface area contributed by atoms with Gasteiger partial charge in [-0.3, -0.25) is 4.79 Å². The number of rotatable bonds is 2. The highest BCUT2D eigenvalue weighted by atomic mass is 16.2. The number of aryl methyl sites for hydroxylation is 1. The lowest BCUT2D eigenvalue weighted by atomic mass is 9.95. The molecule has 1 atom stereocenters. The SMILES string of the molecule is Cc1ccc(C(=O)N2CCc3ccc(C(C)N)cc3C2)cc1. The molecule has 1 aliphatic heterocycles. The first-order chi connectivity index (χ1) is 10.5. The van der Waals surface area contributed by atoms with Crippen LogP contribution < -0.4 is 5.73 Å². The number of carbonyl (C=O) groups is 1. The van der Waals surface area contributed by atoms with Crippen LogP contribution in [0.25, 0.3) is 0 Å². The first-order valence-corrected chi connectivity index (χ1v) is 7.78. The van der Waals surface area contributed by atoms with Crippen LogP contribution in [0.1, 0.15) is 45.6 Å². The Balaban J connectivity index is 1.82. The molecule has 2 aromatic rings. The second kappa shape index (κ2) is 5.93. The largest absolute Gasteiger partial charge is 0.334 e. The van der Waals surface area contributed by atoms with E-state index in [1.54, 1.807) is 0 Å². The van der Waals surface area contributed by atoms with Gasteiger partial charge in [0.15, 0.2) is 0 Å². The normalized spacial score (nSPS) is 15.3. The van der Waals surface area contributed by atoms with Crippen molar-refractivity contribution in [3.63, 3.8) is 0 Å². The van der Waals surface area contributed by atoms with Crippen molar-refractivity contribution in [2.24, 2.45) is 5.73 Å². The molecule has 3 rings (SSSR count). The predicted octanol–water partition coefficient (Wildman–Crippen LogP) is 3.21. The quantitative estimate of drug-likeness (QED) is 0.924. The van der Waals surface area contributed by atoms with E-state index in [0.29, 0.717) is 6.54 Å². The topological polar surface area (TPSA) is 46.3 Å². The number of nitrogens with two attached hydrogens (primary N) is 1. The maximum atomic E-state index is 12.6. The van der Waals surface area contributed by atoms with E-state index in [2.05, 4.69) is 18.2 Å². The predicted molar refractivity (Wildman–Crippen MR) is 88.7 cm³/mol. The van der Waals surface area contributed by atoms with E-state index in [9.17, 15) is 4.79 Å². The molecule has 3 heteroatoms. The highest BCUT2D eigenvalue weighted by Gasteiger charge is 2.22. The summed E-state index contributed by atoms with van der Waals surface area (Å²) < 4.78 is 0. The van der Waals surface area contributed by atoms with Gasteiger partial charge in [-0.05, 0) is 49.1 Å². The molecule has 0 saturated carbocycles. The molecule has 2 aromatic carbocycles. The summed E-state index contributed by atoms with van der Waals surface area (Å²) in [4.78, 5) is 14.6. The van der Waals surface area contributed by atoms with E-state index < -0.39 is 0 Å². The maximum Gasteiger partial charge on any atom is 0.254 e. The van der Waals surface area contributed by atoms with Crippen molar-refractivity contribution in [1.29, 1.82) is 0 Å². The molecule has 0 bridgehead atoms. The lowest BCUT2D eigenvalue weighted by Gasteiger charge is -2.29. The van der Waals surface area contributed by atoms with Crippen molar-refractivity contribution in [2.45, 2.75) is 32.9 Å². The maximum absolute atomic E-state index is 12.6. The van der Waals surface area contributed by atoms with Crippen molar-refractivity contribution in [1.82, 2.24) is 4.90 Å². The Morgan fingerprint density at radius 1 is 1.14 bits per heavy atom. The van der Waals surface area contributed by atoms with Gasteiger partial charge in [-0.25, -0.2) is 0 Å². The van der Waals surface area contributed by atoms with Gasteiger partial charge in [0.05, 0.1) is 0 Å². The zero-order valence-electron chi connectivity index (χ0n) is 13.2. The van der Waals surface area contributed by atoms with Gasteiger partial charge in [0.1, 0.15) is 0 Å². The van der Waals surface area contributed by atoms with Crippen LogP contribution in [0.2, 0.25) is 0 Å². The Kier molecular flexibility index (Phi) is 3.99. The van der Waals surface area contributed by atoms with Crippen LogP contribution in [0.3, 0.4) is 0 Å². The summed E-state index contributed by atoms with van der Waals surface area (Å²) in [5.41, 5.74) is 11.6. The standard InChI is InChI=1S/C19H22N2O/c1-13-3-5-16(6-4-13)19(22)21-10-9-15-7-8-17(14(2)20)11-18(15)12-21/h3-8,11,14H,9-10,12,20H2,1-2H3. The summed E-state index contributed by atoms with van der Waals surface area (Å²) >= 11 is 0. The van der Waals surface area contributed by atoms with Crippen LogP contribution in [0.15, 0.2) is 42.5 Å². The average Bonchev–Trinajstić information content (AvgIpc) is 2.53. The van der Waals surface area contributed by atoms with Crippen LogP contribution in [-0.2, 0) is 13.0 Å². The third kappa shape index (κ3) is 2.90. The molecule has 0 saturated heterocycles. The monoisotopic (exact) mass is 294 g/mol. The fourth-order valence-corrected chi connectivity index (χ4v) is 2.91. The number of nitrogens with zero attached hydrogens (tertiary/aromatic N) is 1. The molecule has 3 nitrogen and oxygen atoms in total. The lowest BCUT2D eigenvalue weighted by molar-refractivity contribution is 0.0734. The summed E-state index contributed by atoms with van der Waals surface area (Å²) in [5, 5.41) is 0. The van der Waals surface area contributed by atoms with Crippen LogP contribution in [-0.4, -0.2) is 17.4 Å². The van der Waals surface area contributed by atoms with Crippen molar-refractivity contribution in [3.05, 3.63) is 70.3 Å². The molecule has 114 valence electrons. The van der Waals surface area contributed by atoms with E-state index in [1.165, 1.54) is 16.7 Å². The first kappa shape index (κ1) is 14.8. The molecule has 2 N–H and O–H groups in total.